The molecule has 2 bridgehead atoms. The highest BCUT2D eigenvalue weighted by atomic mass is 16.6. The van der Waals surface area contributed by atoms with Crippen molar-refractivity contribution in [2.24, 2.45) is 17.3 Å². The van der Waals surface area contributed by atoms with Crippen LogP contribution in [-0.4, -0.2) is 40.4 Å². The molecule has 0 unspecified atom stereocenters. The van der Waals surface area contributed by atoms with Gasteiger partial charge in [0.15, 0.2) is 0 Å². The molecule has 3 heteroatoms. The Morgan fingerprint density at radius 1 is 1.20 bits per heavy atom. The molecule has 0 aromatic heterocycles. The van der Waals surface area contributed by atoms with Gasteiger partial charge in [-0.3, -0.25) is 4.90 Å². The number of epoxide rings is 1. The second-order valence-corrected chi connectivity index (χ2v) is 9.52. The Morgan fingerprint density at radius 3 is 2.72 bits per heavy atom. The summed E-state index contributed by atoms with van der Waals surface area (Å²) in [6.45, 7) is 6.84. The lowest BCUT2D eigenvalue weighted by Crippen LogP contribution is -2.63. The number of aliphatic hydroxyl groups is 1. The van der Waals surface area contributed by atoms with Gasteiger partial charge in [-0.1, -0.05) is 50.6 Å². The molecule has 3 aliphatic carbocycles. The van der Waals surface area contributed by atoms with Gasteiger partial charge in [0.05, 0.1) is 6.10 Å². The Hall–Kier alpha value is -0.900. The van der Waals surface area contributed by atoms with Crippen molar-refractivity contribution in [3.05, 3.63) is 35.9 Å². The minimum atomic E-state index is -0.266. The Labute approximate surface area is 151 Å². The number of ether oxygens (including phenoxy) is 1. The summed E-state index contributed by atoms with van der Waals surface area (Å²) < 4.78 is 6.37. The highest BCUT2D eigenvalue weighted by molar-refractivity contribution is 5.24. The first-order valence-corrected chi connectivity index (χ1v) is 10.2. The van der Waals surface area contributed by atoms with Crippen LogP contribution in [0.4, 0.5) is 0 Å². The van der Waals surface area contributed by atoms with Crippen molar-refractivity contribution in [3.8, 4) is 0 Å². The van der Waals surface area contributed by atoms with Crippen LogP contribution in [-0.2, 0) is 11.3 Å². The van der Waals surface area contributed by atoms with Crippen LogP contribution in [0.2, 0.25) is 0 Å². The fourth-order valence-electron chi connectivity index (χ4n) is 6.17. The lowest BCUT2D eigenvalue weighted by molar-refractivity contribution is -0.177. The summed E-state index contributed by atoms with van der Waals surface area (Å²) in [4.78, 5) is 2.62. The number of hydrogen-bond acceptors (Lipinski definition) is 3. The summed E-state index contributed by atoms with van der Waals surface area (Å²) >= 11 is 0. The Morgan fingerprint density at radius 2 is 2.00 bits per heavy atom. The van der Waals surface area contributed by atoms with Gasteiger partial charge < -0.3 is 9.84 Å². The summed E-state index contributed by atoms with van der Waals surface area (Å²) in [5.74, 6) is 1.17. The van der Waals surface area contributed by atoms with Crippen molar-refractivity contribution in [2.45, 2.75) is 76.3 Å². The molecule has 0 amide bonds. The highest BCUT2D eigenvalue weighted by Crippen LogP contribution is 2.68. The minimum Gasteiger partial charge on any atom is -0.390 e. The molecule has 5 fully saturated rings. The fraction of sp³-hybridized carbons (Fsp3) is 0.727. The van der Waals surface area contributed by atoms with Crippen molar-refractivity contribution in [3.63, 3.8) is 0 Å². The zero-order valence-corrected chi connectivity index (χ0v) is 15.5. The van der Waals surface area contributed by atoms with Crippen molar-refractivity contribution < 1.29 is 9.84 Å². The van der Waals surface area contributed by atoms with Gasteiger partial charge >= 0.3 is 0 Å². The Bertz CT molecular complexity index is 645. The second kappa shape index (κ2) is 5.55. The molecule has 2 heterocycles. The second-order valence-electron chi connectivity index (χ2n) is 9.52. The molecule has 6 atom stereocenters. The van der Waals surface area contributed by atoms with Crippen molar-refractivity contribution in [1.29, 1.82) is 0 Å². The van der Waals surface area contributed by atoms with E-state index in [1.165, 1.54) is 31.2 Å². The van der Waals surface area contributed by atoms with Gasteiger partial charge in [0.1, 0.15) is 11.7 Å². The number of piperidine rings is 1. The molecule has 5 aliphatic rings. The van der Waals surface area contributed by atoms with Gasteiger partial charge in [0.25, 0.3) is 0 Å². The molecule has 1 aromatic carbocycles. The fourth-order valence-corrected chi connectivity index (χ4v) is 6.17. The van der Waals surface area contributed by atoms with E-state index in [1.807, 2.05) is 0 Å². The van der Waals surface area contributed by atoms with Gasteiger partial charge in [-0.2, -0.15) is 0 Å². The molecular formula is C22H31NO2. The van der Waals surface area contributed by atoms with E-state index >= 15 is 0 Å². The third-order valence-electron chi connectivity index (χ3n) is 8.01. The third kappa shape index (κ3) is 2.35. The van der Waals surface area contributed by atoms with Crippen molar-refractivity contribution in [2.75, 3.05) is 6.54 Å². The topological polar surface area (TPSA) is 36.0 Å². The number of aliphatic hydroxyl groups excluding tert-OH is 1. The van der Waals surface area contributed by atoms with Crippen LogP contribution < -0.4 is 0 Å². The first-order valence-electron chi connectivity index (χ1n) is 10.2. The summed E-state index contributed by atoms with van der Waals surface area (Å²) in [7, 11) is 0. The first kappa shape index (κ1) is 16.3. The lowest BCUT2D eigenvalue weighted by Gasteiger charge is -2.61. The smallest absolute Gasteiger partial charge is 0.123 e. The largest absolute Gasteiger partial charge is 0.390 e. The van der Waals surface area contributed by atoms with Crippen LogP contribution in [0.3, 0.4) is 0 Å². The van der Waals surface area contributed by atoms with E-state index in [2.05, 4.69) is 49.1 Å². The van der Waals surface area contributed by atoms with Crippen molar-refractivity contribution in [1.82, 2.24) is 4.90 Å². The molecule has 1 aromatic rings. The number of nitrogens with zero attached hydrogens (tertiary/aromatic N) is 1. The van der Waals surface area contributed by atoms with Crippen molar-refractivity contribution >= 4 is 0 Å². The van der Waals surface area contributed by atoms with E-state index in [9.17, 15) is 5.11 Å². The number of hydrogen-bond donors (Lipinski definition) is 1. The summed E-state index contributed by atoms with van der Waals surface area (Å²) in [5.41, 5.74) is 1.47. The molecule has 1 N–H and O–H groups in total. The molecule has 6 rings (SSSR count). The van der Waals surface area contributed by atoms with Crippen LogP contribution >= 0.6 is 0 Å². The predicted molar refractivity (Wildman–Crippen MR) is 98.1 cm³/mol. The monoisotopic (exact) mass is 341 g/mol. The molecule has 1 spiro atoms. The molecule has 2 saturated heterocycles. The molecular weight excluding hydrogens is 310 g/mol. The van der Waals surface area contributed by atoms with Crippen LogP contribution in [0.1, 0.15) is 51.5 Å². The summed E-state index contributed by atoms with van der Waals surface area (Å²) in [6, 6.07) is 11.3. The van der Waals surface area contributed by atoms with Gasteiger partial charge in [0, 0.05) is 12.6 Å². The molecule has 2 aliphatic heterocycles. The third-order valence-corrected chi connectivity index (χ3v) is 8.01. The molecule has 3 saturated carbocycles. The maximum atomic E-state index is 11.1. The molecule has 0 radical (unpaired) electrons. The first-order chi connectivity index (χ1) is 12.0. The number of likely N-dealkylation sites (tertiary alicyclic amines) is 1. The SMILES string of the molecule is CC1(C)[C@@H]2C[C@H]1[C@H](O)[C@@]1(C2)O[C@@H]1[C@H]1CCCCN1Cc1ccccc1. The maximum Gasteiger partial charge on any atom is 0.123 e. The Kier molecular flexibility index (Phi) is 3.61. The molecule has 136 valence electrons. The molecule has 25 heavy (non-hydrogen) atoms. The van der Waals surface area contributed by atoms with Gasteiger partial charge in [-0.05, 0) is 55.0 Å². The quantitative estimate of drug-likeness (QED) is 0.853. The van der Waals surface area contributed by atoms with Gasteiger partial charge in [-0.15, -0.1) is 0 Å². The van der Waals surface area contributed by atoms with E-state index in [4.69, 9.17) is 4.74 Å². The zero-order chi connectivity index (χ0) is 17.2. The Balaban J connectivity index is 1.33. The van der Waals surface area contributed by atoms with Crippen LogP contribution in [0, 0.1) is 17.3 Å². The normalized spacial score (nSPS) is 45.2. The lowest BCUT2D eigenvalue weighted by atomic mass is 9.45. The van der Waals surface area contributed by atoms with E-state index in [0.29, 0.717) is 17.4 Å². The summed E-state index contributed by atoms with van der Waals surface area (Å²) in [6.07, 6.45) is 6.03. The van der Waals surface area contributed by atoms with Gasteiger partial charge in [0.2, 0.25) is 0 Å². The van der Waals surface area contributed by atoms with E-state index in [0.717, 1.165) is 25.4 Å². The van der Waals surface area contributed by atoms with E-state index < -0.39 is 0 Å². The maximum absolute atomic E-state index is 11.1. The number of rotatable bonds is 3. The van der Waals surface area contributed by atoms with E-state index in [-0.39, 0.29) is 17.8 Å². The number of benzene rings is 1. The standard InChI is InChI=1S/C22H31NO2/c1-21(2)16-12-17(21)19(24)22(13-16)20(25-22)18-10-6-7-11-23(18)14-15-8-4-3-5-9-15/h3-5,8-9,16-20,24H,6-7,10-14H2,1-2H3/t16-,17+,18-,19+,20-,22-/m1/s1. The van der Waals surface area contributed by atoms with Crippen LogP contribution in [0.15, 0.2) is 30.3 Å². The van der Waals surface area contributed by atoms with E-state index in [1.54, 1.807) is 0 Å². The minimum absolute atomic E-state index is 0.222. The zero-order valence-electron chi connectivity index (χ0n) is 15.5. The van der Waals surface area contributed by atoms with Gasteiger partial charge in [-0.25, -0.2) is 0 Å². The predicted octanol–water partition coefficient (Wildman–Crippen LogP) is 3.61. The summed E-state index contributed by atoms with van der Waals surface area (Å²) in [5, 5.41) is 11.1. The average molecular weight is 341 g/mol. The average Bonchev–Trinajstić information content (AvgIpc) is 3.33. The highest BCUT2D eigenvalue weighted by Gasteiger charge is 2.74. The van der Waals surface area contributed by atoms with Crippen LogP contribution in [0.5, 0.6) is 0 Å². The van der Waals surface area contributed by atoms with Crippen LogP contribution in [0.25, 0.3) is 0 Å². The molecule has 3 nitrogen and oxygen atoms in total.